The van der Waals surface area contributed by atoms with Crippen LogP contribution >= 0.6 is 0 Å². The number of nitrogens with two attached hydrogens (primary N) is 1. The van der Waals surface area contributed by atoms with Crippen LogP contribution in [0.2, 0.25) is 0 Å². The van der Waals surface area contributed by atoms with E-state index in [9.17, 15) is 29.1 Å². The number of amides is 5. The predicted octanol–water partition coefficient (Wildman–Crippen LogP) is 6.16. The minimum Gasteiger partial charge on any atom is -0.493 e. The van der Waals surface area contributed by atoms with Crippen molar-refractivity contribution in [2.75, 3.05) is 25.2 Å². The lowest BCUT2D eigenvalue weighted by Crippen LogP contribution is -2.52. The van der Waals surface area contributed by atoms with Crippen LogP contribution in [0.15, 0.2) is 77.1 Å². The van der Waals surface area contributed by atoms with Gasteiger partial charge in [0.2, 0.25) is 11.8 Å². The summed E-state index contributed by atoms with van der Waals surface area (Å²) in [5, 5.41) is 17.7. The Morgan fingerprint density at radius 3 is 2.18 bits per heavy atom. The maximum Gasteiger partial charge on any atom is 0.416 e. The van der Waals surface area contributed by atoms with Crippen LogP contribution in [0.4, 0.5) is 16.2 Å². The van der Waals surface area contributed by atoms with E-state index in [1.165, 1.54) is 24.1 Å². The van der Waals surface area contributed by atoms with Gasteiger partial charge in [0.15, 0.2) is 17.7 Å². The van der Waals surface area contributed by atoms with Crippen LogP contribution in [0, 0.1) is 12.8 Å². The van der Waals surface area contributed by atoms with Crippen molar-refractivity contribution in [2.45, 2.75) is 117 Å². The number of aryl methyl sites for hydroxylation is 1. The quantitative estimate of drug-likeness (QED) is 0.106. The SMILES string of the molecule is COc1cc2c(cc1OCCCCCOc1cc3c(cc1C)C(=O)N1C=C(C)C[C@H]1C=N3)N(C(=O)OCc1ccc(CNC(C)C(=O)N[C@H](C(N)=O)C(C)C)cc1)[C@@H](O)[C@@H]1CC(C)=CN1C2=O. The minimum atomic E-state index is -1.45. The van der Waals surface area contributed by atoms with Crippen molar-refractivity contribution in [2.24, 2.45) is 16.6 Å². The van der Waals surface area contributed by atoms with E-state index in [1.54, 1.807) is 44.0 Å². The van der Waals surface area contributed by atoms with Gasteiger partial charge in [-0.2, -0.15) is 0 Å². The molecule has 0 fully saturated rings. The summed E-state index contributed by atoms with van der Waals surface area (Å²) in [7, 11) is 1.47. The summed E-state index contributed by atoms with van der Waals surface area (Å²) in [5.41, 5.74) is 11.2. The largest absolute Gasteiger partial charge is 0.493 e. The number of carbonyl (C=O) groups is 5. The molecule has 4 heterocycles. The van der Waals surface area contributed by atoms with E-state index in [-0.39, 0.29) is 53.1 Å². The fraction of sp³-hybridized carbons (Fsp3) is 0.440. The maximum absolute atomic E-state index is 14.1. The number of fused-ring (bicyclic) bond motifs is 4. The van der Waals surface area contributed by atoms with E-state index in [2.05, 4.69) is 15.6 Å². The molecule has 0 radical (unpaired) electrons. The molecule has 0 saturated heterocycles. The third kappa shape index (κ3) is 10.8. The second-order valence-electron chi connectivity index (χ2n) is 18.0. The molecular formula is C50H61N7O10. The highest BCUT2D eigenvalue weighted by Gasteiger charge is 2.45. The molecule has 7 rings (SSSR count). The zero-order chi connectivity index (χ0) is 48.1. The molecule has 5 atom stereocenters. The van der Waals surface area contributed by atoms with Crippen molar-refractivity contribution < 1.29 is 48.0 Å². The number of primary amides is 1. The highest BCUT2D eigenvalue weighted by Crippen LogP contribution is 2.42. The standard InChI is InChI=1S/C50H61N7O10/c1-28(2)44(45(51)58)54-46(59)32(6)52-23-33-11-13-34(14-12-33)27-67-50(63)57-39-22-43(42(64-7)20-37(39)48(61)56-26-30(4)18-40(56)49(57)62)66-16-10-8-9-15-65-41-21-38-36(19-31(41)5)47(60)55-25-29(3)17-35(55)24-53-38/h11-14,19-22,24-26,28,32,35,40,44,49,52,62H,8-10,15-18,23,27H2,1-7H3,(H2,51,58)(H,54,59)/t32?,35-,40-,44-,49-/m0/s1. The first kappa shape index (κ1) is 48.2. The number of methoxy groups -OCH3 is 1. The second-order valence-corrected chi connectivity index (χ2v) is 18.0. The molecule has 5 amide bonds. The van der Waals surface area contributed by atoms with E-state index >= 15 is 0 Å². The number of hydrogen-bond donors (Lipinski definition) is 4. The Hall–Kier alpha value is -6.72. The number of carbonyl (C=O) groups excluding carboxylic acids is 5. The number of aliphatic hydroxyl groups excluding tert-OH is 1. The number of aliphatic hydroxyl groups is 1. The molecule has 356 valence electrons. The summed E-state index contributed by atoms with van der Waals surface area (Å²) in [6.45, 7) is 12.0. The van der Waals surface area contributed by atoms with Crippen LogP contribution in [-0.4, -0.2) is 102 Å². The Morgan fingerprint density at radius 1 is 0.836 bits per heavy atom. The number of ether oxygens (including phenoxy) is 4. The Kier molecular flexibility index (Phi) is 15.0. The molecule has 0 aromatic heterocycles. The number of benzene rings is 3. The lowest BCUT2D eigenvalue weighted by atomic mass is 10.0. The fourth-order valence-corrected chi connectivity index (χ4v) is 8.61. The first-order chi connectivity index (χ1) is 32.0. The van der Waals surface area contributed by atoms with Gasteiger partial charge < -0.3 is 50.2 Å². The zero-order valence-electron chi connectivity index (χ0n) is 39.2. The molecule has 0 spiro atoms. The minimum absolute atomic E-state index is 0.0660. The van der Waals surface area contributed by atoms with Gasteiger partial charge in [0, 0.05) is 37.3 Å². The third-order valence-corrected chi connectivity index (χ3v) is 12.4. The van der Waals surface area contributed by atoms with Crippen LogP contribution in [0.25, 0.3) is 0 Å². The van der Waals surface area contributed by atoms with Crippen LogP contribution in [0.5, 0.6) is 17.2 Å². The summed E-state index contributed by atoms with van der Waals surface area (Å²) in [6, 6.07) is 11.8. The van der Waals surface area contributed by atoms with Gasteiger partial charge >= 0.3 is 6.09 Å². The van der Waals surface area contributed by atoms with Gasteiger partial charge in [0.25, 0.3) is 11.8 Å². The number of unbranched alkanes of at least 4 members (excludes halogenated alkanes) is 2. The maximum atomic E-state index is 14.1. The first-order valence-electron chi connectivity index (χ1n) is 22.8. The Morgan fingerprint density at radius 2 is 1.49 bits per heavy atom. The van der Waals surface area contributed by atoms with Gasteiger partial charge in [0.05, 0.1) is 61.0 Å². The number of aliphatic imine (C=N–C) groups is 1. The van der Waals surface area contributed by atoms with Gasteiger partial charge in [-0.3, -0.25) is 24.2 Å². The lowest BCUT2D eigenvalue weighted by molar-refractivity contribution is -0.129. The van der Waals surface area contributed by atoms with Crippen LogP contribution in [-0.2, 0) is 27.5 Å². The number of hydrogen-bond acceptors (Lipinski definition) is 12. The summed E-state index contributed by atoms with van der Waals surface area (Å²) in [5.74, 6) is -0.317. The predicted molar refractivity (Wildman–Crippen MR) is 251 cm³/mol. The number of rotatable bonds is 18. The van der Waals surface area contributed by atoms with Crippen LogP contribution in [0.3, 0.4) is 0 Å². The van der Waals surface area contributed by atoms with Crippen molar-refractivity contribution in [1.29, 1.82) is 0 Å². The topological polar surface area (TPSA) is 215 Å². The van der Waals surface area contributed by atoms with Crippen LogP contribution in [0.1, 0.15) is 104 Å². The van der Waals surface area contributed by atoms with Crippen molar-refractivity contribution in [3.63, 3.8) is 0 Å². The molecule has 17 nitrogen and oxygen atoms in total. The van der Waals surface area contributed by atoms with E-state index in [4.69, 9.17) is 24.7 Å². The summed E-state index contributed by atoms with van der Waals surface area (Å²) in [6.07, 6.45) is 6.37. The molecule has 0 bridgehead atoms. The average Bonchev–Trinajstić information content (AvgIpc) is 3.84. The molecule has 17 heteroatoms. The molecule has 4 aliphatic rings. The smallest absolute Gasteiger partial charge is 0.416 e. The zero-order valence-corrected chi connectivity index (χ0v) is 39.2. The molecule has 3 aromatic rings. The summed E-state index contributed by atoms with van der Waals surface area (Å²) < 4.78 is 23.8. The van der Waals surface area contributed by atoms with Crippen LogP contribution < -0.4 is 35.5 Å². The van der Waals surface area contributed by atoms with E-state index < -0.39 is 42.3 Å². The van der Waals surface area contributed by atoms with Crippen molar-refractivity contribution in [1.82, 2.24) is 20.4 Å². The molecule has 5 N–H and O–H groups in total. The molecule has 67 heavy (non-hydrogen) atoms. The van der Waals surface area contributed by atoms with Gasteiger partial charge in [-0.25, -0.2) is 9.69 Å². The number of anilines is 1. The van der Waals surface area contributed by atoms with Gasteiger partial charge in [0.1, 0.15) is 18.4 Å². The summed E-state index contributed by atoms with van der Waals surface area (Å²) in [4.78, 5) is 74.8. The highest BCUT2D eigenvalue weighted by atomic mass is 16.6. The van der Waals surface area contributed by atoms with Gasteiger partial charge in [-0.15, -0.1) is 0 Å². The Labute approximate surface area is 390 Å². The molecule has 3 aromatic carbocycles. The molecule has 4 aliphatic heterocycles. The van der Waals surface area contributed by atoms with E-state index in [1.807, 2.05) is 57.5 Å². The Balaban J connectivity index is 0.959. The molecule has 1 unspecified atom stereocenters. The number of nitrogens with zero attached hydrogens (tertiary/aromatic N) is 4. The fourth-order valence-electron chi connectivity index (χ4n) is 8.61. The molecular weight excluding hydrogens is 859 g/mol. The van der Waals surface area contributed by atoms with Gasteiger partial charge in [-0.05, 0) is 94.5 Å². The van der Waals surface area contributed by atoms with Crippen molar-refractivity contribution >= 4 is 47.3 Å². The monoisotopic (exact) mass is 919 g/mol. The van der Waals surface area contributed by atoms with E-state index in [0.29, 0.717) is 55.2 Å². The van der Waals surface area contributed by atoms with Gasteiger partial charge in [-0.1, -0.05) is 49.3 Å². The third-order valence-electron chi connectivity index (χ3n) is 12.4. The highest BCUT2D eigenvalue weighted by molar-refractivity contribution is 6.07. The lowest BCUT2D eigenvalue weighted by Gasteiger charge is -2.31. The van der Waals surface area contributed by atoms with Crippen molar-refractivity contribution in [3.05, 3.63) is 99.9 Å². The molecule has 0 saturated carbocycles. The molecule has 0 aliphatic carbocycles. The number of nitrogens with one attached hydrogen (secondary N) is 2. The summed E-state index contributed by atoms with van der Waals surface area (Å²) >= 11 is 0. The van der Waals surface area contributed by atoms with E-state index in [0.717, 1.165) is 46.4 Å². The first-order valence-corrected chi connectivity index (χ1v) is 22.8. The Bertz CT molecular complexity index is 2480. The second kappa shape index (κ2) is 20.8. The normalized spacial score (nSPS) is 19.3. The average molecular weight is 920 g/mol. The van der Waals surface area contributed by atoms with Crippen molar-refractivity contribution in [3.8, 4) is 17.2 Å².